The lowest BCUT2D eigenvalue weighted by atomic mass is 9.94. The van der Waals surface area contributed by atoms with Crippen molar-refractivity contribution in [3.8, 4) is 0 Å². The minimum absolute atomic E-state index is 0.243. The van der Waals surface area contributed by atoms with Crippen LogP contribution in [-0.2, 0) is 9.84 Å². The highest BCUT2D eigenvalue weighted by Gasteiger charge is 2.37. The van der Waals surface area contributed by atoms with Crippen LogP contribution in [0.3, 0.4) is 0 Å². The second kappa shape index (κ2) is 6.07. The van der Waals surface area contributed by atoms with Gasteiger partial charge in [0.1, 0.15) is 6.10 Å². The first-order valence-corrected chi connectivity index (χ1v) is 9.22. The zero-order valence-electron chi connectivity index (χ0n) is 13.3. The molecular weight excluding hydrogens is 310 g/mol. The van der Waals surface area contributed by atoms with Crippen LogP contribution >= 0.6 is 0 Å². The molecule has 1 N–H and O–H groups in total. The van der Waals surface area contributed by atoms with Gasteiger partial charge in [-0.05, 0) is 44.3 Å². The molecule has 0 fully saturated rings. The first kappa shape index (κ1) is 16.2. The smallest absolute Gasteiger partial charge is 0.185 e. The summed E-state index contributed by atoms with van der Waals surface area (Å²) in [7, 11) is 0.309. The van der Waals surface area contributed by atoms with E-state index >= 15 is 0 Å². The van der Waals surface area contributed by atoms with Gasteiger partial charge in [-0.15, -0.1) is 0 Å². The summed E-state index contributed by atoms with van der Waals surface area (Å²) in [6.07, 6.45) is -0.422. The average molecular weight is 331 g/mol. The summed E-state index contributed by atoms with van der Waals surface area (Å²) < 4.78 is 26.4. The summed E-state index contributed by atoms with van der Waals surface area (Å²) in [6, 6.07) is 14.1. The zero-order chi connectivity index (χ0) is 16.6. The molecule has 3 rings (SSSR count). The molecule has 0 aliphatic carbocycles. The van der Waals surface area contributed by atoms with E-state index in [0.29, 0.717) is 29.7 Å². The van der Waals surface area contributed by atoms with Crippen LogP contribution in [0.25, 0.3) is 0 Å². The average Bonchev–Trinajstić information content (AvgIpc) is 2.60. The maximum absolute atomic E-state index is 13.2. The van der Waals surface area contributed by atoms with Gasteiger partial charge in [-0.3, -0.25) is 0 Å². The number of hydrogen-bond acceptors (Lipinski definition) is 4. The number of sulfone groups is 1. The summed E-state index contributed by atoms with van der Waals surface area (Å²) in [5.74, 6) is 0. The topological polar surface area (TPSA) is 57.6 Å². The predicted molar refractivity (Wildman–Crippen MR) is 90.0 cm³/mol. The Morgan fingerprint density at radius 3 is 2.17 bits per heavy atom. The van der Waals surface area contributed by atoms with Gasteiger partial charge in [-0.25, -0.2) is 8.42 Å². The molecule has 0 unspecified atom stereocenters. The Bertz CT molecular complexity index is 815. The van der Waals surface area contributed by atoms with Gasteiger partial charge >= 0.3 is 0 Å². The second-order valence-electron chi connectivity index (χ2n) is 6.19. The van der Waals surface area contributed by atoms with Crippen molar-refractivity contribution in [1.82, 2.24) is 4.90 Å². The Hall–Kier alpha value is -1.69. The Balaban J connectivity index is 2.24. The lowest BCUT2D eigenvalue weighted by Gasteiger charge is -2.20. The van der Waals surface area contributed by atoms with Crippen LogP contribution in [0.2, 0.25) is 0 Å². The van der Waals surface area contributed by atoms with Gasteiger partial charge < -0.3 is 10.0 Å². The number of aliphatic hydroxyl groups is 1. The van der Waals surface area contributed by atoms with Crippen molar-refractivity contribution in [1.29, 1.82) is 0 Å². The Labute approximate surface area is 137 Å². The maximum Gasteiger partial charge on any atom is 0.185 e. The molecule has 0 bridgehead atoms. The zero-order valence-corrected chi connectivity index (χ0v) is 14.1. The molecule has 23 heavy (non-hydrogen) atoms. The minimum atomic E-state index is -3.55. The van der Waals surface area contributed by atoms with Crippen LogP contribution in [0.5, 0.6) is 0 Å². The third-order valence-electron chi connectivity index (χ3n) is 4.37. The van der Waals surface area contributed by atoms with Crippen LogP contribution in [0.1, 0.15) is 34.5 Å². The van der Waals surface area contributed by atoms with E-state index in [1.807, 2.05) is 43.3 Å². The predicted octanol–water partition coefficient (Wildman–Crippen LogP) is 2.55. The van der Waals surface area contributed by atoms with Gasteiger partial charge in [-0.2, -0.15) is 0 Å². The van der Waals surface area contributed by atoms with Gasteiger partial charge in [0.25, 0.3) is 0 Å². The van der Waals surface area contributed by atoms with E-state index < -0.39 is 21.2 Å². The normalized spacial score (nSPS) is 22.3. The largest absolute Gasteiger partial charge is 0.384 e. The van der Waals surface area contributed by atoms with E-state index in [2.05, 4.69) is 0 Å². The Kier molecular flexibility index (Phi) is 4.27. The molecule has 0 amide bonds. The summed E-state index contributed by atoms with van der Waals surface area (Å²) in [5, 5.41) is 10.1. The van der Waals surface area contributed by atoms with Gasteiger partial charge in [0, 0.05) is 5.56 Å². The first-order valence-electron chi connectivity index (χ1n) is 7.67. The molecule has 0 saturated heterocycles. The summed E-state index contributed by atoms with van der Waals surface area (Å²) in [4.78, 5) is 2.22. The first-order chi connectivity index (χ1) is 10.9. The van der Waals surface area contributed by atoms with Crippen LogP contribution in [-0.4, -0.2) is 39.1 Å². The Morgan fingerprint density at radius 2 is 1.52 bits per heavy atom. The van der Waals surface area contributed by atoms with E-state index in [0.717, 1.165) is 0 Å². The summed E-state index contributed by atoms with van der Waals surface area (Å²) >= 11 is 0. The summed E-state index contributed by atoms with van der Waals surface area (Å²) in [6.45, 7) is 0.663. The molecule has 2 atom stereocenters. The van der Waals surface area contributed by atoms with Gasteiger partial charge in [-0.1, -0.05) is 42.5 Å². The maximum atomic E-state index is 13.2. The SMILES string of the molecule is CN(C)CC[C@H]1c2ccccc2[C@@H](O)c2ccccc2S1(=O)=O. The minimum Gasteiger partial charge on any atom is -0.384 e. The van der Waals surface area contributed by atoms with Crippen LogP contribution in [0, 0.1) is 0 Å². The molecule has 1 aliphatic heterocycles. The molecule has 0 spiro atoms. The Morgan fingerprint density at radius 1 is 0.957 bits per heavy atom. The lowest BCUT2D eigenvalue weighted by molar-refractivity contribution is 0.216. The van der Waals surface area contributed by atoms with E-state index in [-0.39, 0.29) is 4.90 Å². The third-order valence-corrected chi connectivity index (χ3v) is 6.59. The molecule has 2 aromatic carbocycles. The number of aliphatic hydroxyl groups excluding tert-OH is 1. The summed E-state index contributed by atoms with van der Waals surface area (Å²) in [5.41, 5.74) is 1.86. The molecule has 5 heteroatoms. The molecule has 0 saturated carbocycles. The van der Waals surface area contributed by atoms with E-state index in [1.54, 1.807) is 24.3 Å². The third kappa shape index (κ3) is 2.80. The fraction of sp³-hybridized carbons (Fsp3) is 0.333. The highest BCUT2D eigenvalue weighted by molar-refractivity contribution is 7.91. The van der Waals surface area contributed by atoms with Crippen LogP contribution in [0.15, 0.2) is 53.4 Å². The highest BCUT2D eigenvalue weighted by Crippen LogP contribution is 2.43. The van der Waals surface area contributed by atoms with Gasteiger partial charge in [0.15, 0.2) is 9.84 Å². The number of nitrogens with zero attached hydrogens (tertiary/aromatic N) is 1. The van der Waals surface area contributed by atoms with Crippen LogP contribution in [0.4, 0.5) is 0 Å². The van der Waals surface area contributed by atoms with Gasteiger partial charge in [0.2, 0.25) is 0 Å². The van der Waals surface area contributed by atoms with Crippen LogP contribution < -0.4 is 0 Å². The fourth-order valence-electron chi connectivity index (χ4n) is 3.19. The number of rotatable bonds is 3. The van der Waals surface area contributed by atoms with E-state index in [4.69, 9.17) is 0 Å². The lowest BCUT2D eigenvalue weighted by Crippen LogP contribution is -2.21. The molecule has 0 aromatic heterocycles. The number of benzene rings is 2. The van der Waals surface area contributed by atoms with Crippen molar-refractivity contribution >= 4 is 9.84 Å². The van der Waals surface area contributed by atoms with Gasteiger partial charge in [0.05, 0.1) is 10.1 Å². The number of hydrogen-bond donors (Lipinski definition) is 1. The molecule has 0 radical (unpaired) electrons. The van der Waals surface area contributed by atoms with E-state index in [1.165, 1.54) is 0 Å². The fourth-order valence-corrected chi connectivity index (χ4v) is 5.24. The van der Waals surface area contributed by atoms with E-state index in [9.17, 15) is 13.5 Å². The van der Waals surface area contributed by atoms with Crippen molar-refractivity contribution < 1.29 is 13.5 Å². The molecule has 122 valence electrons. The molecular formula is C18H21NO3S. The monoisotopic (exact) mass is 331 g/mol. The number of fused-ring (bicyclic) bond motifs is 2. The van der Waals surface area contributed by atoms with Crippen molar-refractivity contribution in [3.63, 3.8) is 0 Å². The molecule has 2 aromatic rings. The standard InChI is InChI=1S/C18H21NO3S/c1-19(2)12-11-17-13-7-3-4-8-14(13)18(20)15-9-5-6-10-16(15)23(17,21)22/h3-10,17-18,20H,11-12H2,1-2H3/t17-,18+/m0/s1. The van der Waals surface area contributed by atoms with Crippen molar-refractivity contribution in [3.05, 3.63) is 65.2 Å². The molecule has 4 nitrogen and oxygen atoms in total. The highest BCUT2D eigenvalue weighted by atomic mass is 32.2. The molecule has 1 aliphatic rings. The van der Waals surface area contributed by atoms with Crippen molar-refractivity contribution in [2.75, 3.05) is 20.6 Å². The quantitative estimate of drug-likeness (QED) is 0.939. The second-order valence-corrected chi connectivity index (χ2v) is 8.29. The van der Waals surface area contributed by atoms with Crippen molar-refractivity contribution in [2.24, 2.45) is 0 Å². The molecule has 1 heterocycles. The van der Waals surface area contributed by atoms with Crippen molar-refractivity contribution in [2.45, 2.75) is 22.7 Å².